The van der Waals surface area contributed by atoms with E-state index in [0.29, 0.717) is 11.5 Å². The molecule has 168 valence electrons. The molecule has 0 unspecified atom stereocenters. The van der Waals surface area contributed by atoms with Gasteiger partial charge in [-0.25, -0.2) is 8.42 Å². The largest absolute Gasteiger partial charge is 0.456 e. The third kappa shape index (κ3) is 4.48. The fourth-order valence-corrected chi connectivity index (χ4v) is 5.03. The Balaban J connectivity index is 1.91. The second-order valence-corrected chi connectivity index (χ2v) is 9.03. The van der Waals surface area contributed by atoms with Crippen molar-refractivity contribution in [1.29, 1.82) is 0 Å². The average molecular weight is 463 g/mol. The Morgan fingerprint density at radius 1 is 0.545 bits per heavy atom. The molecular weight excluding hydrogens is 440 g/mol. The predicted molar refractivity (Wildman–Crippen MR) is 129 cm³/mol. The molecule has 8 nitrogen and oxygen atoms in total. The van der Waals surface area contributed by atoms with Crippen molar-refractivity contribution in [1.82, 2.24) is 0 Å². The Labute approximate surface area is 191 Å². The van der Waals surface area contributed by atoms with Gasteiger partial charge in [-0.3, -0.25) is 0 Å². The highest BCUT2D eigenvalue weighted by Gasteiger charge is 2.32. The van der Waals surface area contributed by atoms with Crippen molar-refractivity contribution in [2.45, 2.75) is 9.79 Å². The first kappa shape index (κ1) is 21.8. The molecule has 0 radical (unpaired) electrons. The molecule has 0 aliphatic heterocycles. The van der Waals surface area contributed by atoms with Crippen LogP contribution in [0.15, 0.2) is 94.7 Å². The first-order chi connectivity index (χ1) is 15.8. The highest BCUT2D eigenvalue weighted by molar-refractivity contribution is 7.92. The molecule has 33 heavy (non-hydrogen) atoms. The van der Waals surface area contributed by atoms with E-state index < -0.39 is 9.84 Å². The van der Waals surface area contributed by atoms with Gasteiger partial charge in [-0.15, -0.1) is 0 Å². The van der Waals surface area contributed by atoms with E-state index in [4.69, 9.17) is 32.4 Å². The number of hydrogen-bond donors (Lipinski definition) is 4. The Bertz CT molecular complexity index is 1310. The number of ether oxygens (including phenoxy) is 2. The SMILES string of the molecule is Nc1cc(N)c(S(=O)(=O)c2c(N)cc(N)cc2Oc2ccccc2)c(Oc2ccccc2)c1. The van der Waals surface area contributed by atoms with Crippen molar-refractivity contribution in [2.75, 3.05) is 22.9 Å². The zero-order valence-electron chi connectivity index (χ0n) is 17.4. The zero-order valence-corrected chi connectivity index (χ0v) is 18.3. The van der Waals surface area contributed by atoms with Gasteiger partial charge in [0.2, 0.25) is 9.84 Å². The van der Waals surface area contributed by atoms with Gasteiger partial charge in [-0.1, -0.05) is 36.4 Å². The number of para-hydroxylation sites is 2. The molecule has 0 saturated carbocycles. The fraction of sp³-hybridized carbons (Fsp3) is 0. The van der Waals surface area contributed by atoms with Crippen LogP contribution in [0.2, 0.25) is 0 Å². The highest BCUT2D eigenvalue weighted by atomic mass is 32.2. The summed E-state index contributed by atoms with van der Waals surface area (Å²) in [7, 11) is -4.35. The van der Waals surface area contributed by atoms with E-state index in [2.05, 4.69) is 0 Å². The molecule has 4 aromatic rings. The van der Waals surface area contributed by atoms with Crippen molar-refractivity contribution < 1.29 is 17.9 Å². The summed E-state index contributed by atoms with van der Waals surface area (Å²) in [5.74, 6) is 0.733. The van der Waals surface area contributed by atoms with Crippen molar-refractivity contribution in [3.63, 3.8) is 0 Å². The van der Waals surface area contributed by atoms with Crippen molar-refractivity contribution in [3.05, 3.63) is 84.9 Å². The van der Waals surface area contributed by atoms with Gasteiger partial charge >= 0.3 is 0 Å². The van der Waals surface area contributed by atoms with E-state index >= 15 is 0 Å². The molecule has 0 aromatic heterocycles. The van der Waals surface area contributed by atoms with Gasteiger partial charge in [0.1, 0.15) is 21.3 Å². The second-order valence-electron chi connectivity index (χ2n) is 7.21. The smallest absolute Gasteiger partial charge is 0.218 e. The van der Waals surface area contributed by atoms with E-state index in [-0.39, 0.29) is 44.0 Å². The van der Waals surface area contributed by atoms with Gasteiger partial charge in [0.05, 0.1) is 11.4 Å². The maximum absolute atomic E-state index is 13.9. The number of benzene rings is 4. The first-order valence-corrected chi connectivity index (χ1v) is 11.3. The normalized spacial score (nSPS) is 11.2. The number of nitrogens with two attached hydrogens (primary N) is 4. The topological polar surface area (TPSA) is 157 Å². The van der Waals surface area contributed by atoms with Crippen LogP contribution in [-0.4, -0.2) is 8.42 Å². The van der Waals surface area contributed by atoms with Crippen molar-refractivity contribution in [3.8, 4) is 23.0 Å². The average Bonchev–Trinajstić information content (AvgIpc) is 2.73. The van der Waals surface area contributed by atoms with Gasteiger partial charge in [0.15, 0.2) is 11.5 Å². The van der Waals surface area contributed by atoms with Crippen LogP contribution < -0.4 is 32.4 Å². The number of rotatable bonds is 6. The van der Waals surface area contributed by atoms with Crippen LogP contribution in [0.4, 0.5) is 22.7 Å². The van der Waals surface area contributed by atoms with Crippen LogP contribution in [0.5, 0.6) is 23.0 Å². The highest BCUT2D eigenvalue weighted by Crippen LogP contribution is 2.44. The van der Waals surface area contributed by atoms with Crippen LogP contribution in [0, 0.1) is 0 Å². The third-order valence-corrected chi connectivity index (χ3v) is 6.64. The summed E-state index contributed by atoms with van der Waals surface area (Å²) in [5.41, 5.74) is 24.4. The van der Waals surface area contributed by atoms with E-state index in [1.807, 2.05) is 0 Å². The molecule has 0 aliphatic carbocycles. The van der Waals surface area contributed by atoms with Crippen LogP contribution >= 0.6 is 0 Å². The molecule has 0 aliphatic rings. The molecule has 0 fully saturated rings. The van der Waals surface area contributed by atoms with Crippen LogP contribution in [0.3, 0.4) is 0 Å². The Morgan fingerprint density at radius 2 is 0.909 bits per heavy atom. The molecule has 8 N–H and O–H groups in total. The molecule has 0 saturated heterocycles. The second kappa shape index (κ2) is 8.64. The molecule has 4 aromatic carbocycles. The third-order valence-electron chi connectivity index (χ3n) is 4.69. The molecule has 0 spiro atoms. The summed E-state index contributed by atoms with van der Waals surface area (Å²) < 4.78 is 39.5. The van der Waals surface area contributed by atoms with Gasteiger partial charge in [-0.2, -0.15) is 0 Å². The van der Waals surface area contributed by atoms with Gasteiger partial charge in [-0.05, 0) is 36.4 Å². The first-order valence-electron chi connectivity index (χ1n) is 9.84. The van der Waals surface area contributed by atoms with Gasteiger partial charge in [0.25, 0.3) is 0 Å². The molecule has 4 rings (SSSR count). The summed E-state index contributed by atoms with van der Waals surface area (Å²) in [6.45, 7) is 0. The molecule has 0 heterocycles. The van der Waals surface area contributed by atoms with Crippen LogP contribution in [0.25, 0.3) is 0 Å². The molecule has 0 atom stereocenters. The van der Waals surface area contributed by atoms with E-state index in [9.17, 15) is 8.42 Å². The fourth-order valence-electron chi connectivity index (χ4n) is 3.35. The van der Waals surface area contributed by atoms with E-state index in [1.165, 1.54) is 24.3 Å². The number of sulfone groups is 1. The molecule has 0 amide bonds. The Kier molecular flexibility index (Phi) is 5.72. The number of anilines is 4. The van der Waals surface area contributed by atoms with Crippen molar-refractivity contribution in [2.24, 2.45) is 0 Å². The lowest BCUT2D eigenvalue weighted by atomic mass is 10.2. The number of hydrogen-bond acceptors (Lipinski definition) is 8. The maximum Gasteiger partial charge on any atom is 0.218 e. The molecule has 9 heteroatoms. The van der Waals surface area contributed by atoms with Gasteiger partial charge < -0.3 is 32.4 Å². The summed E-state index contributed by atoms with van der Waals surface area (Å²) in [6.07, 6.45) is 0. The monoisotopic (exact) mass is 462 g/mol. The lowest BCUT2D eigenvalue weighted by Gasteiger charge is -2.18. The minimum atomic E-state index is -4.35. The maximum atomic E-state index is 13.9. The Hall–Kier alpha value is -4.37. The summed E-state index contributed by atoms with van der Waals surface area (Å²) in [6, 6.07) is 22.8. The van der Waals surface area contributed by atoms with E-state index in [1.54, 1.807) is 60.7 Å². The summed E-state index contributed by atoms with van der Waals surface area (Å²) >= 11 is 0. The number of nitrogen functional groups attached to an aromatic ring is 4. The van der Waals surface area contributed by atoms with Crippen molar-refractivity contribution >= 4 is 32.6 Å². The zero-order chi connectivity index (χ0) is 23.6. The lowest BCUT2D eigenvalue weighted by Crippen LogP contribution is -2.12. The summed E-state index contributed by atoms with van der Waals surface area (Å²) in [5, 5.41) is 0. The predicted octanol–water partition coefficient (Wildman–Crippen LogP) is 4.43. The van der Waals surface area contributed by atoms with Crippen LogP contribution in [0.1, 0.15) is 0 Å². The van der Waals surface area contributed by atoms with Gasteiger partial charge in [0, 0.05) is 23.5 Å². The summed E-state index contributed by atoms with van der Waals surface area (Å²) in [4.78, 5) is -0.565. The van der Waals surface area contributed by atoms with Crippen LogP contribution in [-0.2, 0) is 9.84 Å². The van der Waals surface area contributed by atoms with E-state index in [0.717, 1.165) is 0 Å². The Morgan fingerprint density at radius 3 is 1.27 bits per heavy atom. The molecule has 0 bridgehead atoms. The lowest BCUT2D eigenvalue weighted by molar-refractivity contribution is 0.463. The quantitative estimate of drug-likeness (QED) is 0.306. The standard InChI is InChI=1S/C24H22N4O4S/c25-15-11-19(27)23(21(13-15)31-17-7-3-1-4-8-17)33(29,30)24-20(28)12-16(26)14-22(24)32-18-9-5-2-6-10-18/h1-14H,25-28H2. The minimum absolute atomic E-state index is 0.0411. The minimum Gasteiger partial charge on any atom is -0.456 e. The molecular formula is C24H22N4O4S.